The van der Waals surface area contributed by atoms with Gasteiger partial charge in [-0.15, -0.1) is 0 Å². The number of amides is 1. The highest BCUT2D eigenvalue weighted by Crippen LogP contribution is 2.39. The summed E-state index contributed by atoms with van der Waals surface area (Å²) < 4.78 is 18.1. The van der Waals surface area contributed by atoms with Crippen LogP contribution in [0.3, 0.4) is 0 Å². The standard InChI is InChI=1S/C28H24BrNO5S2/c1-3-34-23-15-18(12-13-22(23)35-17-19-8-7-11-21(29)14-19)16-24-26(31)30(28(36)37-24)25(27(32)33-2)20-9-5-4-6-10-20/h4-16,25H,3,17H2,1-2H3/b24-16+. The summed E-state index contributed by atoms with van der Waals surface area (Å²) in [5.74, 6) is 0.247. The molecule has 1 aliphatic rings. The van der Waals surface area contributed by atoms with Crippen LogP contribution in [0, 0.1) is 0 Å². The van der Waals surface area contributed by atoms with E-state index >= 15 is 0 Å². The third-order valence-corrected chi connectivity index (χ3v) is 7.29. The van der Waals surface area contributed by atoms with E-state index in [9.17, 15) is 9.59 Å². The lowest BCUT2D eigenvalue weighted by Gasteiger charge is -2.24. The van der Waals surface area contributed by atoms with Gasteiger partial charge in [-0.05, 0) is 54.0 Å². The third kappa shape index (κ3) is 6.41. The number of ether oxygens (including phenoxy) is 3. The molecule has 3 aromatic rings. The predicted octanol–water partition coefficient (Wildman–Crippen LogP) is 6.54. The van der Waals surface area contributed by atoms with Crippen molar-refractivity contribution in [3.63, 3.8) is 0 Å². The molecular weight excluding hydrogens is 574 g/mol. The summed E-state index contributed by atoms with van der Waals surface area (Å²) in [7, 11) is 1.29. The van der Waals surface area contributed by atoms with Crippen LogP contribution in [0.2, 0.25) is 0 Å². The molecule has 1 atom stereocenters. The average molecular weight is 599 g/mol. The molecule has 1 heterocycles. The van der Waals surface area contributed by atoms with Crippen molar-refractivity contribution in [2.75, 3.05) is 13.7 Å². The molecule has 37 heavy (non-hydrogen) atoms. The topological polar surface area (TPSA) is 65.1 Å². The van der Waals surface area contributed by atoms with Gasteiger partial charge in [-0.3, -0.25) is 9.69 Å². The zero-order chi connectivity index (χ0) is 26.4. The van der Waals surface area contributed by atoms with Crippen molar-refractivity contribution in [1.82, 2.24) is 4.90 Å². The van der Waals surface area contributed by atoms with Crippen molar-refractivity contribution in [3.8, 4) is 11.5 Å². The van der Waals surface area contributed by atoms with E-state index < -0.39 is 12.0 Å². The average Bonchev–Trinajstić information content (AvgIpc) is 3.17. The molecule has 1 unspecified atom stereocenters. The van der Waals surface area contributed by atoms with Crippen LogP contribution in [0.5, 0.6) is 11.5 Å². The largest absolute Gasteiger partial charge is 0.490 e. The second-order valence-corrected chi connectivity index (χ2v) is 10.5. The molecule has 1 aliphatic heterocycles. The molecule has 0 aromatic heterocycles. The fourth-order valence-electron chi connectivity index (χ4n) is 3.78. The van der Waals surface area contributed by atoms with E-state index in [4.69, 9.17) is 26.4 Å². The summed E-state index contributed by atoms with van der Waals surface area (Å²) in [5.41, 5.74) is 2.38. The van der Waals surface area contributed by atoms with Crippen LogP contribution >= 0.6 is 39.9 Å². The lowest BCUT2D eigenvalue weighted by molar-refractivity contribution is -0.148. The van der Waals surface area contributed by atoms with Crippen molar-refractivity contribution in [2.45, 2.75) is 19.6 Å². The number of benzene rings is 3. The lowest BCUT2D eigenvalue weighted by atomic mass is 10.1. The van der Waals surface area contributed by atoms with Crippen molar-refractivity contribution in [2.24, 2.45) is 0 Å². The number of nitrogens with zero attached hydrogens (tertiary/aromatic N) is 1. The summed E-state index contributed by atoms with van der Waals surface area (Å²) in [4.78, 5) is 27.8. The van der Waals surface area contributed by atoms with E-state index in [0.29, 0.717) is 35.2 Å². The van der Waals surface area contributed by atoms with E-state index in [-0.39, 0.29) is 10.2 Å². The first kappa shape index (κ1) is 26.9. The van der Waals surface area contributed by atoms with Crippen LogP contribution in [0.25, 0.3) is 6.08 Å². The smallest absolute Gasteiger partial charge is 0.333 e. The summed E-state index contributed by atoms with van der Waals surface area (Å²) in [6.45, 7) is 2.73. The summed E-state index contributed by atoms with van der Waals surface area (Å²) >= 11 is 10.1. The fraction of sp³-hybridized carbons (Fsp3) is 0.179. The number of methoxy groups -OCH3 is 1. The Morgan fingerprint density at radius 1 is 1.05 bits per heavy atom. The van der Waals surface area contributed by atoms with Gasteiger partial charge in [0.05, 0.1) is 18.6 Å². The molecule has 9 heteroatoms. The number of hydrogen-bond donors (Lipinski definition) is 0. The van der Waals surface area contributed by atoms with Crippen LogP contribution < -0.4 is 9.47 Å². The molecule has 6 nitrogen and oxygen atoms in total. The van der Waals surface area contributed by atoms with Crippen molar-refractivity contribution >= 4 is 62.2 Å². The Morgan fingerprint density at radius 3 is 2.54 bits per heavy atom. The Labute approximate surface area is 233 Å². The van der Waals surface area contributed by atoms with Crippen LogP contribution in [0.4, 0.5) is 0 Å². The van der Waals surface area contributed by atoms with Crippen LogP contribution in [-0.4, -0.2) is 34.8 Å². The van der Waals surface area contributed by atoms with Gasteiger partial charge in [-0.1, -0.05) is 88.4 Å². The Bertz CT molecular complexity index is 1350. The van der Waals surface area contributed by atoms with E-state index in [0.717, 1.165) is 27.4 Å². The maximum atomic E-state index is 13.4. The third-order valence-electron chi connectivity index (χ3n) is 5.47. The Hall–Kier alpha value is -3.14. The van der Waals surface area contributed by atoms with Gasteiger partial charge in [0.25, 0.3) is 5.91 Å². The van der Waals surface area contributed by atoms with E-state index in [1.54, 1.807) is 30.3 Å². The van der Waals surface area contributed by atoms with Crippen molar-refractivity contribution in [3.05, 3.63) is 98.9 Å². The van der Waals surface area contributed by atoms with Crippen LogP contribution in [0.1, 0.15) is 29.7 Å². The van der Waals surface area contributed by atoms with E-state index in [2.05, 4.69) is 15.9 Å². The molecule has 1 saturated heterocycles. The minimum Gasteiger partial charge on any atom is -0.490 e. The first-order chi connectivity index (χ1) is 17.9. The number of rotatable bonds is 9. The molecule has 0 aliphatic carbocycles. The van der Waals surface area contributed by atoms with Crippen LogP contribution in [0.15, 0.2) is 82.2 Å². The number of thiocarbonyl (C=S) groups is 1. The van der Waals surface area contributed by atoms with E-state index in [1.165, 1.54) is 12.0 Å². The highest BCUT2D eigenvalue weighted by atomic mass is 79.9. The van der Waals surface area contributed by atoms with E-state index in [1.807, 2.05) is 55.5 Å². The molecule has 190 valence electrons. The second-order valence-electron chi connectivity index (χ2n) is 7.95. The van der Waals surface area contributed by atoms with Gasteiger partial charge in [0.1, 0.15) is 10.9 Å². The number of carbonyl (C=O) groups excluding carboxylic acids is 2. The lowest BCUT2D eigenvalue weighted by Crippen LogP contribution is -2.37. The molecule has 0 spiro atoms. The molecular formula is C28H24BrNO5S2. The molecule has 0 N–H and O–H groups in total. The minimum atomic E-state index is -0.961. The molecule has 1 amide bonds. The van der Waals surface area contributed by atoms with Gasteiger partial charge in [-0.2, -0.15) is 0 Å². The number of thioether (sulfide) groups is 1. The predicted molar refractivity (Wildman–Crippen MR) is 152 cm³/mol. The Balaban J connectivity index is 1.58. The number of halogens is 1. The zero-order valence-electron chi connectivity index (χ0n) is 20.2. The number of esters is 1. The molecule has 1 fully saturated rings. The van der Waals surface area contributed by atoms with Crippen molar-refractivity contribution in [1.29, 1.82) is 0 Å². The van der Waals surface area contributed by atoms with Gasteiger partial charge in [0, 0.05) is 4.47 Å². The normalized spacial score (nSPS) is 15.1. The SMILES string of the molecule is CCOc1cc(/C=C2/SC(=S)N(C(C(=O)OC)c3ccccc3)C2=O)ccc1OCc1cccc(Br)c1. The molecule has 0 saturated carbocycles. The highest BCUT2D eigenvalue weighted by molar-refractivity contribution is 9.10. The molecule has 0 bridgehead atoms. The first-order valence-corrected chi connectivity index (χ1v) is 13.5. The first-order valence-electron chi connectivity index (χ1n) is 11.4. The number of carbonyl (C=O) groups is 2. The Morgan fingerprint density at radius 2 is 1.84 bits per heavy atom. The summed E-state index contributed by atoms with van der Waals surface area (Å²) in [6.07, 6.45) is 1.74. The molecule has 3 aromatic carbocycles. The molecule has 0 radical (unpaired) electrons. The maximum absolute atomic E-state index is 13.4. The van der Waals surface area contributed by atoms with Crippen LogP contribution in [-0.2, 0) is 20.9 Å². The quantitative estimate of drug-likeness (QED) is 0.157. The van der Waals surface area contributed by atoms with Gasteiger partial charge >= 0.3 is 5.97 Å². The maximum Gasteiger partial charge on any atom is 0.333 e. The Kier molecular flexibility index (Phi) is 9.02. The monoisotopic (exact) mass is 597 g/mol. The number of hydrogen-bond acceptors (Lipinski definition) is 7. The minimum absolute atomic E-state index is 0.287. The van der Waals surface area contributed by atoms with Gasteiger partial charge in [0.2, 0.25) is 0 Å². The van der Waals surface area contributed by atoms with Crippen molar-refractivity contribution < 1.29 is 23.8 Å². The fourth-order valence-corrected chi connectivity index (χ4v) is 5.54. The zero-order valence-corrected chi connectivity index (χ0v) is 23.4. The highest BCUT2D eigenvalue weighted by Gasteiger charge is 2.41. The van der Waals surface area contributed by atoms with Gasteiger partial charge in [-0.25, -0.2) is 4.79 Å². The summed E-state index contributed by atoms with van der Waals surface area (Å²) in [6, 6.07) is 21.4. The molecule has 4 rings (SSSR count). The second kappa shape index (κ2) is 12.4. The summed E-state index contributed by atoms with van der Waals surface area (Å²) in [5, 5.41) is 0. The van der Waals surface area contributed by atoms with Gasteiger partial charge in [0.15, 0.2) is 17.5 Å². The van der Waals surface area contributed by atoms with Gasteiger partial charge < -0.3 is 14.2 Å².